The lowest BCUT2D eigenvalue weighted by Gasteiger charge is -2.40. The number of pyridine rings is 4. The minimum absolute atomic E-state index is 0.0221. The van der Waals surface area contributed by atoms with E-state index in [0.717, 1.165) is 24.3 Å². The second-order valence-electron chi connectivity index (χ2n) is 27.3. The summed E-state index contributed by atoms with van der Waals surface area (Å²) < 4.78 is 182. The summed E-state index contributed by atoms with van der Waals surface area (Å²) in [6.45, 7) is 9.35. The number of carboxylic acid groups (broad SMARTS) is 3. The van der Waals surface area contributed by atoms with Gasteiger partial charge in [0.2, 0.25) is 0 Å². The average molecular weight is 1750 g/mol. The van der Waals surface area contributed by atoms with E-state index in [9.17, 15) is 71.9 Å². The summed E-state index contributed by atoms with van der Waals surface area (Å²) in [5.74, 6) is -1.28. The Morgan fingerprint density at radius 3 is 0.849 bits per heavy atom. The molecule has 16 rings (SSSR count). The minimum Gasteiger partial charge on any atom is -0.478 e. The van der Waals surface area contributed by atoms with Gasteiger partial charge in [-0.1, -0.05) is 91.3 Å². The number of aromatic nitrogens is 8. The van der Waals surface area contributed by atoms with Gasteiger partial charge in [-0.25, -0.2) is 34.3 Å². The van der Waals surface area contributed by atoms with Gasteiger partial charge in [0.1, 0.15) is 23.3 Å². The van der Waals surface area contributed by atoms with Crippen molar-refractivity contribution < 1.29 is 105 Å². The zero-order chi connectivity index (χ0) is 85.5. The Hall–Kier alpha value is -12.0. The van der Waals surface area contributed by atoms with E-state index in [1.165, 1.54) is 105 Å². The Bertz CT molecular complexity index is 5620. The molecule has 0 radical (unpaired) electrons. The van der Waals surface area contributed by atoms with Crippen LogP contribution in [0.5, 0.6) is 0 Å². The number of piperazine rings is 4. The molecule has 1 amide bonds. The molecule has 4 aliphatic heterocycles. The molecular formula is C75H63Cl4F12N17O11. The molecule has 28 nitrogen and oxygen atoms in total. The number of fused-ring (bicyclic) bond motifs is 4. The highest BCUT2D eigenvalue weighted by atomic mass is 35.5. The Morgan fingerprint density at radius 1 is 0.361 bits per heavy atom. The Kier molecular flexibility index (Phi) is 24.3. The molecule has 4 aromatic carbocycles. The number of aromatic carboxylic acids is 3. The highest BCUT2D eigenvalue weighted by molar-refractivity contribution is 6.34. The van der Waals surface area contributed by atoms with Crippen molar-refractivity contribution in [1.29, 1.82) is 0 Å². The van der Waals surface area contributed by atoms with E-state index in [0.29, 0.717) is 125 Å². The molecule has 4 fully saturated rings. The largest absolute Gasteiger partial charge is 0.478 e. The molecule has 8 aromatic heterocycles. The molecule has 119 heavy (non-hydrogen) atoms. The van der Waals surface area contributed by atoms with Crippen LogP contribution in [-0.2, 0) is 24.7 Å². The molecular weight excluding hydrogens is 1680 g/mol. The number of nitrogens with zero attached hydrogens (tertiary/aromatic N) is 16. The Balaban J connectivity index is 0.000000137. The molecule has 0 bridgehead atoms. The number of hydrogen-bond acceptors (Lipinski definition) is 24. The molecule has 0 saturated carbocycles. The molecule has 0 spiro atoms. The van der Waals surface area contributed by atoms with Crippen molar-refractivity contribution in [3.63, 3.8) is 0 Å². The zero-order valence-electron chi connectivity index (χ0n) is 61.9. The third-order valence-electron chi connectivity index (χ3n) is 19.8. The molecule has 4 aliphatic rings. The summed E-state index contributed by atoms with van der Waals surface area (Å²) in [5, 5.41) is 45.9. The number of benzene rings is 4. The third kappa shape index (κ3) is 18.0. The summed E-state index contributed by atoms with van der Waals surface area (Å²) in [4.78, 5) is 76.0. The second kappa shape index (κ2) is 34.1. The lowest BCUT2D eigenvalue weighted by atomic mass is 10.1. The molecule has 4 saturated heterocycles. The number of halogens is 16. The van der Waals surface area contributed by atoms with Crippen LogP contribution in [0.4, 0.5) is 99.2 Å². The molecule has 626 valence electrons. The normalized spacial score (nSPS) is 16.3. The van der Waals surface area contributed by atoms with Crippen molar-refractivity contribution in [3.8, 4) is 0 Å². The quantitative estimate of drug-likeness (QED) is 0.0826. The number of anilines is 8. The number of amides is 1. The maximum absolute atomic E-state index is 13.5. The molecule has 0 unspecified atom stereocenters. The van der Waals surface area contributed by atoms with Crippen LogP contribution < -0.4 is 44.5 Å². The summed E-state index contributed by atoms with van der Waals surface area (Å²) >= 11 is 24.9. The van der Waals surface area contributed by atoms with E-state index in [-0.39, 0.29) is 117 Å². The first-order valence-electron chi connectivity index (χ1n) is 35.8. The van der Waals surface area contributed by atoms with Gasteiger partial charge < -0.3 is 77.9 Å². The maximum atomic E-state index is 13.5. The van der Waals surface area contributed by atoms with Crippen LogP contribution in [0, 0.1) is 0 Å². The summed E-state index contributed by atoms with van der Waals surface area (Å²) in [7, 11) is 1.52. The van der Waals surface area contributed by atoms with Gasteiger partial charge in [0.15, 0.2) is 45.6 Å². The van der Waals surface area contributed by atoms with Crippen LogP contribution in [0.1, 0.15) is 77.5 Å². The van der Waals surface area contributed by atoms with E-state index in [1.807, 2.05) is 33.4 Å². The molecule has 0 aliphatic carbocycles. The molecule has 44 heteroatoms. The van der Waals surface area contributed by atoms with Crippen LogP contribution in [0.2, 0.25) is 20.1 Å². The smallest absolute Gasteiger partial charge is 0.417 e. The van der Waals surface area contributed by atoms with Gasteiger partial charge in [0.25, 0.3) is 5.91 Å². The summed E-state index contributed by atoms with van der Waals surface area (Å²) in [6.07, 6.45) is -13.0. The Morgan fingerprint density at radius 2 is 0.597 bits per heavy atom. The van der Waals surface area contributed by atoms with Crippen molar-refractivity contribution in [2.75, 3.05) is 138 Å². The van der Waals surface area contributed by atoms with Gasteiger partial charge >= 0.3 is 42.6 Å². The number of carbonyl (C=O) groups excluding carboxylic acids is 1. The maximum Gasteiger partial charge on any atom is 0.417 e. The van der Waals surface area contributed by atoms with Gasteiger partial charge in [-0.2, -0.15) is 52.7 Å². The van der Waals surface area contributed by atoms with E-state index in [2.05, 4.69) is 45.9 Å². The third-order valence-corrected chi connectivity index (χ3v) is 20.9. The summed E-state index contributed by atoms with van der Waals surface area (Å²) in [6, 6.07) is 20.1. The molecule has 12 heterocycles. The predicted molar refractivity (Wildman–Crippen MR) is 414 cm³/mol. The topological polar surface area (TPSA) is 323 Å². The molecule has 12 aromatic rings. The second-order valence-corrected chi connectivity index (χ2v) is 28.9. The van der Waals surface area contributed by atoms with Crippen LogP contribution >= 0.6 is 46.4 Å². The number of carbonyl (C=O) groups is 4. The highest BCUT2D eigenvalue weighted by Gasteiger charge is 2.42. The van der Waals surface area contributed by atoms with Gasteiger partial charge in [-0.3, -0.25) is 4.79 Å². The van der Waals surface area contributed by atoms with E-state index in [4.69, 9.17) is 79.8 Å². The fourth-order valence-electron chi connectivity index (χ4n) is 14.1. The number of nitrogens with one attached hydrogen (secondary N) is 1. The average Bonchev–Trinajstić information content (AvgIpc) is 1.67. The zero-order valence-corrected chi connectivity index (χ0v) is 64.9. The van der Waals surface area contributed by atoms with Crippen molar-refractivity contribution >= 4 is 161 Å². The highest BCUT2D eigenvalue weighted by Crippen LogP contribution is 2.46. The van der Waals surface area contributed by atoms with Crippen LogP contribution in [0.25, 0.3) is 43.9 Å². The fraction of sp³-hybridized carbons (Fsp3) is 0.307. The SMILES string of the molecule is CNC(=O)c1cnc(N2CCN(c3noc4cccc(C(F)(F)F)c34)CC2)c(Cl)c1.C[C@@H]1CN(c2ncc(C(=O)O)cc2Cl)CCN1c1noc2cccc(C(F)(F)F)c12.C[C@H]1CN(c2ncc(C(=O)O)cc2Cl)CCN1c1noc2cccc(C(F)(F)F)c12.O=C(O)c1cnc(N2CCN(c3noc4cccc(C(F)(F)F)c34)CC2)c(Cl)c1. The van der Waals surface area contributed by atoms with Crippen LogP contribution in [-0.4, -0.2) is 190 Å². The summed E-state index contributed by atoms with van der Waals surface area (Å²) in [5.41, 5.74) is -2.55. The molecule has 2 atom stereocenters. The van der Waals surface area contributed by atoms with E-state index in [1.54, 1.807) is 19.6 Å². The number of alkyl halides is 12. The molecule has 4 N–H and O–H groups in total. The standard InChI is InChI=1S/C19H17ClF3N5O2.2C19H16ClF3N4O3.C18H14ClF3N4O3/c1-24-18(29)11-9-13(20)16(25-10-11)27-5-7-28(8-6-27)17-15-12(19(21,22)23)3-2-4-14(15)30-26-17;2*1-10-9-26(16-13(20)7-11(8-24-16)18(28)29)5-6-27(10)17-15-12(19(21,22)23)3-2-4-14(15)30-25-17;19-12-8-10(17(27)28)9-23-15(12)25-4-6-26(7-5-25)16-14-11(18(20,21)22)2-1-3-13(14)29-24-16/h2-4,9-10H,5-8H2,1H3,(H,24,29);2*2-4,7-8,10H,5-6,9H2,1H3,(H,28,29);1-3,8-9H,4-7H2,(H,27,28)/t;2*10-;/m.10./s1. The predicted octanol–water partition coefficient (Wildman–Crippen LogP) is 16.1. The van der Waals surface area contributed by atoms with Crippen molar-refractivity contribution in [1.82, 2.24) is 45.9 Å². The monoisotopic (exact) mass is 1750 g/mol. The first kappa shape index (κ1) is 84.9. The van der Waals surface area contributed by atoms with Gasteiger partial charge in [0, 0.05) is 136 Å². The lowest BCUT2D eigenvalue weighted by molar-refractivity contribution is -0.137. The van der Waals surface area contributed by atoms with Crippen molar-refractivity contribution in [2.45, 2.75) is 50.6 Å². The first-order valence-corrected chi connectivity index (χ1v) is 37.3. The lowest BCUT2D eigenvalue weighted by Crippen LogP contribution is -2.52. The number of rotatable bonds is 12. The number of hydrogen-bond donors (Lipinski definition) is 4. The van der Waals surface area contributed by atoms with Crippen LogP contribution in [0.15, 0.2) is 140 Å². The fourth-order valence-corrected chi connectivity index (χ4v) is 15.3. The van der Waals surface area contributed by atoms with Crippen molar-refractivity contribution in [3.05, 3.63) is 186 Å². The Labute approximate surface area is 683 Å². The van der Waals surface area contributed by atoms with E-state index >= 15 is 0 Å². The van der Waals surface area contributed by atoms with Gasteiger partial charge in [-0.15, -0.1) is 0 Å². The van der Waals surface area contributed by atoms with Crippen LogP contribution in [0.3, 0.4) is 0 Å². The van der Waals surface area contributed by atoms with Crippen molar-refractivity contribution in [2.24, 2.45) is 0 Å². The minimum atomic E-state index is -4.53. The first-order chi connectivity index (χ1) is 56.4. The van der Waals surface area contributed by atoms with Gasteiger partial charge in [-0.05, 0) is 86.6 Å². The van der Waals surface area contributed by atoms with E-state index < -0.39 is 64.9 Å². The number of carboxylic acids is 3. The van der Waals surface area contributed by atoms with Gasteiger partial charge in [0.05, 0.1) is 86.1 Å².